The molecule has 1 aliphatic heterocycles. The second-order valence-electron chi connectivity index (χ2n) is 3.82. The molecule has 1 heterocycles. The average Bonchev–Trinajstić information content (AvgIpc) is 2.18. The Labute approximate surface area is 95.5 Å². The second kappa shape index (κ2) is 4.60. The summed E-state index contributed by atoms with van der Waals surface area (Å²) in [5.74, 6) is 0. The Morgan fingerprint density at radius 2 is 1.53 bits per heavy atom. The molecule has 5 atom stereocenters. The number of hydrogen-bond acceptors (Lipinski definition) is 7. The van der Waals surface area contributed by atoms with E-state index in [1.807, 2.05) is 0 Å². The van der Waals surface area contributed by atoms with E-state index in [1.54, 1.807) is 0 Å². The summed E-state index contributed by atoms with van der Waals surface area (Å²) in [6, 6.07) is 0. The maximum absolute atomic E-state index is 13.2. The highest BCUT2D eigenvalue weighted by molar-refractivity contribution is 7.55. The van der Waals surface area contributed by atoms with E-state index in [9.17, 15) is 38.8 Å². The highest BCUT2D eigenvalue weighted by atomic mass is 31.2. The third kappa shape index (κ3) is 2.56. The van der Waals surface area contributed by atoms with Gasteiger partial charge in [-0.2, -0.15) is 8.78 Å². The molecule has 1 rings (SSSR count). The Balaban J connectivity index is 2.99. The van der Waals surface area contributed by atoms with Crippen molar-refractivity contribution in [2.75, 3.05) is 0 Å². The lowest BCUT2D eigenvalue weighted by Crippen LogP contribution is -2.65. The summed E-state index contributed by atoms with van der Waals surface area (Å²) in [6.45, 7) is 1.09. The zero-order valence-electron chi connectivity index (χ0n) is 8.56. The third-order valence-electron chi connectivity index (χ3n) is 2.56. The van der Waals surface area contributed by atoms with Crippen molar-refractivity contribution in [1.29, 1.82) is 0 Å². The first-order valence-corrected chi connectivity index (χ1v) is 6.14. The third-order valence-corrected chi connectivity index (χ3v) is 3.54. The van der Waals surface area contributed by atoms with Gasteiger partial charge in [-0.15, -0.1) is 0 Å². The molecular weight excluding hydrogens is 265 g/mol. The lowest BCUT2D eigenvalue weighted by atomic mass is 9.96. The molecule has 17 heavy (non-hydrogen) atoms. The number of ether oxygens (including phenoxy) is 1. The molecule has 0 aromatic carbocycles. The summed E-state index contributed by atoms with van der Waals surface area (Å²) in [4.78, 5) is 31.1. The molecule has 0 radical (unpaired) electrons. The molecule has 0 spiro atoms. The molecule has 1 fully saturated rings. The monoisotopic (exact) mass is 276 g/mol. The lowest BCUT2D eigenvalue weighted by Gasteiger charge is -2.52. The molecule has 1 saturated heterocycles. The van der Waals surface area contributed by atoms with Crippen molar-refractivity contribution < 1.29 is 43.5 Å². The van der Waals surface area contributed by atoms with E-state index in [2.05, 4.69) is 4.74 Å². The summed E-state index contributed by atoms with van der Waals surface area (Å²) in [5, 5.41) is 27.6. The van der Waals surface area contributed by atoms with Crippen LogP contribution in [0.3, 0.4) is 0 Å². The number of alkyl halides is 2. The fraction of sp³-hybridized carbons (Fsp3) is 1.00. The quantitative estimate of drug-likeness (QED) is 0.441. The molecule has 3 N–H and O–H groups in total. The Morgan fingerprint density at radius 1 is 1.06 bits per heavy atom. The van der Waals surface area contributed by atoms with Crippen molar-refractivity contribution in [1.82, 2.24) is 0 Å². The van der Waals surface area contributed by atoms with Gasteiger partial charge >= 0.3 is 5.66 Å². The number of aliphatic hydroxyl groups is 3. The van der Waals surface area contributed by atoms with Crippen LogP contribution in [0.5, 0.6) is 0 Å². The zero-order valence-corrected chi connectivity index (χ0v) is 9.46. The van der Waals surface area contributed by atoms with E-state index < -0.39 is 44.1 Å². The lowest BCUT2D eigenvalue weighted by molar-refractivity contribution is -0.452. The van der Waals surface area contributed by atoms with Crippen LogP contribution in [0.15, 0.2) is 0 Å². The normalized spacial score (nSPS) is 40.4. The Kier molecular flexibility index (Phi) is 4.08. The van der Waals surface area contributed by atoms with Crippen molar-refractivity contribution in [3.63, 3.8) is 0 Å². The fourth-order valence-corrected chi connectivity index (χ4v) is 2.02. The summed E-state index contributed by atoms with van der Waals surface area (Å²) in [6.07, 6.45) is -10.1. The first kappa shape index (κ1) is 15.1. The largest absolute Gasteiger partial charge is 0.683 e. The topological polar surface area (TPSA) is 139 Å². The summed E-state index contributed by atoms with van der Waals surface area (Å²) >= 11 is 0. The van der Waals surface area contributed by atoms with Crippen LogP contribution < -0.4 is 14.7 Å². The van der Waals surface area contributed by atoms with Crippen LogP contribution >= 0.6 is 7.94 Å². The van der Waals surface area contributed by atoms with Gasteiger partial charge in [0.2, 0.25) is 0 Å². The van der Waals surface area contributed by atoms with Gasteiger partial charge < -0.3 is 34.7 Å². The smallest absolute Gasteiger partial charge is 0.364 e. The number of hydrogen-bond donors (Lipinski definition) is 3. The van der Waals surface area contributed by atoms with Gasteiger partial charge in [0.05, 0.1) is 6.10 Å². The molecule has 0 unspecified atom stereocenters. The molecule has 0 saturated carbocycles. The van der Waals surface area contributed by atoms with Crippen molar-refractivity contribution in [3.05, 3.63) is 0 Å². The average molecular weight is 276 g/mol. The molecule has 0 amide bonds. The van der Waals surface area contributed by atoms with Crippen LogP contribution in [0, 0.1) is 0 Å². The maximum atomic E-state index is 13.2. The predicted molar refractivity (Wildman–Crippen MR) is 44.2 cm³/mol. The molecule has 0 bridgehead atoms. The van der Waals surface area contributed by atoms with Crippen molar-refractivity contribution in [2.45, 2.75) is 43.1 Å². The Hall–Kier alpha value is 0.01000. The first-order chi connectivity index (χ1) is 7.50. The molecule has 0 aromatic heterocycles. The van der Waals surface area contributed by atoms with Crippen LogP contribution in [0.2, 0.25) is 0 Å². The van der Waals surface area contributed by atoms with Gasteiger partial charge in [-0.1, -0.05) is 7.94 Å². The minimum Gasteiger partial charge on any atom is -0.683 e. The Bertz CT molecular complexity index is 284. The second-order valence-corrected chi connectivity index (χ2v) is 5.41. The molecular formula is C7H11F2O7P-2. The van der Waals surface area contributed by atoms with E-state index in [0.29, 0.717) is 0 Å². The van der Waals surface area contributed by atoms with Gasteiger partial charge in [0.15, 0.2) is 6.10 Å². The number of aliphatic hydroxyl groups excluding tert-OH is 3. The number of rotatable bonds is 2. The molecule has 102 valence electrons. The minimum atomic E-state index is -6.36. The van der Waals surface area contributed by atoms with E-state index in [4.69, 9.17) is 0 Å². The summed E-state index contributed by atoms with van der Waals surface area (Å²) < 4.78 is 30.7. The molecule has 1 aliphatic rings. The zero-order chi connectivity index (χ0) is 13.6. The highest BCUT2D eigenvalue weighted by Gasteiger charge is 2.58. The molecule has 10 heteroatoms. The van der Waals surface area contributed by atoms with Crippen LogP contribution in [0.25, 0.3) is 0 Å². The highest BCUT2D eigenvalue weighted by Crippen LogP contribution is 2.53. The van der Waals surface area contributed by atoms with Crippen LogP contribution in [0.4, 0.5) is 8.78 Å². The predicted octanol–water partition coefficient (Wildman–Crippen LogP) is -3.71. The van der Waals surface area contributed by atoms with E-state index in [0.717, 1.165) is 6.92 Å². The standard InChI is InChI=1S/C7H13F2O7P/c1-2-3(10)4(11)5(12)6(16-2)7(8,9)17(13,14)15/h2-6,10-12H,1H3,(H2,13,14,15)/p-2/t2-,3-,4+,5+,6-/m0/s1. The maximum Gasteiger partial charge on any atom is 0.364 e. The van der Waals surface area contributed by atoms with Crippen molar-refractivity contribution in [2.24, 2.45) is 0 Å². The van der Waals surface area contributed by atoms with Gasteiger partial charge in [0, 0.05) is 0 Å². The van der Waals surface area contributed by atoms with E-state index >= 15 is 0 Å². The van der Waals surface area contributed by atoms with Gasteiger partial charge in [-0.3, -0.25) is 0 Å². The van der Waals surface area contributed by atoms with Gasteiger partial charge in [-0.05, 0) is 6.92 Å². The number of halogens is 2. The molecule has 0 aromatic rings. The SMILES string of the molecule is C[C@@H]1O[C@H](C(F)(F)[P+]([O-])([O-])[O-])[C@H](O)[C@H](O)[C@H]1O. The van der Waals surface area contributed by atoms with Gasteiger partial charge in [0.25, 0.3) is 0 Å². The fourth-order valence-electron chi connectivity index (χ4n) is 1.49. The Morgan fingerprint density at radius 3 is 1.94 bits per heavy atom. The molecule has 7 nitrogen and oxygen atoms in total. The first-order valence-electron chi connectivity index (χ1n) is 4.59. The summed E-state index contributed by atoms with van der Waals surface area (Å²) in [7, 11) is -6.36. The van der Waals surface area contributed by atoms with Crippen LogP contribution in [-0.2, 0) is 4.74 Å². The van der Waals surface area contributed by atoms with E-state index in [-0.39, 0.29) is 0 Å². The van der Waals surface area contributed by atoms with Crippen LogP contribution in [-0.4, -0.2) is 51.5 Å². The minimum absolute atomic E-state index is 1.09. The molecule has 0 aliphatic carbocycles. The van der Waals surface area contributed by atoms with E-state index in [1.165, 1.54) is 0 Å². The van der Waals surface area contributed by atoms with Crippen LogP contribution in [0.1, 0.15) is 6.92 Å². The van der Waals surface area contributed by atoms with Crippen molar-refractivity contribution >= 4 is 7.94 Å². The van der Waals surface area contributed by atoms with Gasteiger partial charge in [-0.25, -0.2) is 0 Å². The van der Waals surface area contributed by atoms with Crippen molar-refractivity contribution in [3.8, 4) is 0 Å². The van der Waals surface area contributed by atoms with Gasteiger partial charge in [0.1, 0.15) is 18.3 Å². The summed E-state index contributed by atoms with van der Waals surface area (Å²) in [5.41, 5.74) is -4.87.